The van der Waals surface area contributed by atoms with Gasteiger partial charge in [-0.1, -0.05) is 30.4 Å². The maximum atomic E-state index is 12.9. The zero-order chi connectivity index (χ0) is 19.8. The Morgan fingerprint density at radius 1 is 1.43 bits per heavy atom. The molecule has 0 spiro atoms. The van der Waals surface area contributed by atoms with Crippen LogP contribution < -0.4 is 11.1 Å². The number of fused-ring (bicyclic) bond motifs is 3. The lowest BCUT2D eigenvalue weighted by molar-refractivity contribution is -0.115. The smallest absolute Gasteiger partial charge is 0.259 e. The number of aromatic amines is 1. The monoisotopic (exact) mass is 414 g/mol. The molecule has 28 heavy (non-hydrogen) atoms. The van der Waals surface area contributed by atoms with Crippen LogP contribution in [0.1, 0.15) is 40.7 Å². The number of rotatable bonds is 5. The molecule has 1 aromatic carbocycles. The summed E-state index contributed by atoms with van der Waals surface area (Å²) in [6, 6.07) is 5.86. The number of thiazole rings is 1. The van der Waals surface area contributed by atoms with Crippen LogP contribution in [0.3, 0.4) is 0 Å². The van der Waals surface area contributed by atoms with Gasteiger partial charge < -0.3 is 10.7 Å². The van der Waals surface area contributed by atoms with E-state index in [0.717, 1.165) is 33.6 Å². The van der Waals surface area contributed by atoms with Gasteiger partial charge in [0, 0.05) is 11.1 Å². The number of nitrogens with two attached hydrogens (primary N) is 1. The Morgan fingerprint density at radius 3 is 3.04 bits per heavy atom. The fraction of sp³-hybridized carbons (Fsp3) is 0.350. The lowest BCUT2D eigenvalue weighted by atomic mass is 9.87. The topological polar surface area (TPSA) is 101 Å². The highest BCUT2D eigenvalue weighted by Gasteiger charge is 2.23. The second-order valence-electron chi connectivity index (χ2n) is 7.26. The number of thioether (sulfide) groups is 1. The molecule has 0 bridgehead atoms. The van der Waals surface area contributed by atoms with Gasteiger partial charge >= 0.3 is 0 Å². The van der Waals surface area contributed by atoms with Crippen LogP contribution in [0.5, 0.6) is 0 Å². The number of nitrogens with zero attached hydrogens (tertiary/aromatic N) is 1. The van der Waals surface area contributed by atoms with Gasteiger partial charge in [-0.3, -0.25) is 14.9 Å². The average Bonchev–Trinajstić information content (AvgIpc) is 3.19. The third-order valence-corrected chi connectivity index (χ3v) is 7.49. The molecule has 4 rings (SSSR count). The van der Waals surface area contributed by atoms with Gasteiger partial charge in [-0.15, -0.1) is 11.8 Å². The fourth-order valence-electron chi connectivity index (χ4n) is 3.68. The van der Waals surface area contributed by atoms with Gasteiger partial charge in [0.2, 0.25) is 5.91 Å². The summed E-state index contributed by atoms with van der Waals surface area (Å²) in [7, 11) is 0. The predicted molar refractivity (Wildman–Crippen MR) is 114 cm³/mol. The summed E-state index contributed by atoms with van der Waals surface area (Å²) in [5, 5.41) is 4.57. The van der Waals surface area contributed by atoms with Gasteiger partial charge in [-0.2, -0.15) is 0 Å². The number of carbonyl (C=O) groups excluding carboxylic acids is 2. The molecule has 6 nitrogen and oxygen atoms in total. The number of carbonyl (C=O) groups is 2. The lowest BCUT2D eigenvalue weighted by Gasteiger charge is -2.17. The van der Waals surface area contributed by atoms with Crippen molar-refractivity contribution in [3.05, 3.63) is 40.7 Å². The number of para-hydroxylation sites is 1. The lowest BCUT2D eigenvalue weighted by Crippen LogP contribution is -2.12. The molecule has 2 aromatic heterocycles. The molecule has 2 amide bonds. The number of H-pyrrole nitrogens is 1. The van der Waals surface area contributed by atoms with Crippen molar-refractivity contribution < 1.29 is 9.59 Å². The molecule has 0 fully saturated rings. The Labute approximate surface area is 171 Å². The Hall–Kier alpha value is -2.32. The van der Waals surface area contributed by atoms with Gasteiger partial charge in [-0.05, 0) is 43.7 Å². The Bertz CT molecular complexity index is 1070. The summed E-state index contributed by atoms with van der Waals surface area (Å²) in [5.74, 6) is 0.304. The maximum absolute atomic E-state index is 12.9. The molecule has 3 aromatic rings. The van der Waals surface area contributed by atoms with Gasteiger partial charge in [0.05, 0.1) is 26.7 Å². The van der Waals surface area contributed by atoms with E-state index in [-0.39, 0.29) is 17.6 Å². The van der Waals surface area contributed by atoms with Crippen LogP contribution in [0.25, 0.3) is 10.9 Å². The average molecular weight is 415 g/mol. The van der Waals surface area contributed by atoms with E-state index in [1.54, 1.807) is 0 Å². The van der Waals surface area contributed by atoms with E-state index in [9.17, 15) is 9.59 Å². The minimum Gasteiger partial charge on any atom is -0.369 e. The predicted octanol–water partition coefficient (Wildman–Crippen LogP) is 3.89. The molecule has 8 heteroatoms. The molecule has 1 aliphatic carbocycles. The minimum absolute atomic E-state index is 0.183. The van der Waals surface area contributed by atoms with Crippen LogP contribution in [0.4, 0.5) is 5.13 Å². The van der Waals surface area contributed by atoms with Crippen LogP contribution in [-0.4, -0.2) is 27.5 Å². The molecule has 1 aliphatic rings. The molecule has 0 radical (unpaired) electrons. The van der Waals surface area contributed by atoms with E-state index in [4.69, 9.17) is 5.73 Å². The molecule has 0 aliphatic heterocycles. The van der Waals surface area contributed by atoms with E-state index >= 15 is 0 Å². The fourth-order valence-corrected chi connectivity index (χ4v) is 5.55. The van der Waals surface area contributed by atoms with Crippen molar-refractivity contribution in [2.24, 2.45) is 11.7 Å². The summed E-state index contributed by atoms with van der Waals surface area (Å²) in [6.07, 6.45) is 3.25. The Morgan fingerprint density at radius 2 is 2.25 bits per heavy atom. The second-order valence-corrected chi connectivity index (χ2v) is 9.50. The summed E-state index contributed by atoms with van der Waals surface area (Å²) < 4.78 is 0.886. The van der Waals surface area contributed by atoms with Crippen LogP contribution in [0.2, 0.25) is 0 Å². The van der Waals surface area contributed by atoms with Gasteiger partial charge in [0.1, 0.15) is 0 Å². The highest BCUT2D eigenvalue weighted by Crippen LogP contribution is 2.34. The normalized spacial score (nSPS) is 16.1. The number of amides is 2. The van der Waals surface area contributed by atoms with Crippen LogP contribution in [-0.2, 0) is 17.6 Å². The third kappa shape index (κ3) is 3.66. The van der Waals surface area contributed by atoms with Crippen molar-refractivity contribution in [3.63, 3.8) is 0 Å². The summed E-state index contributed by atoms with van der Waals surface area (Å²) >= 11 is 2.70. The van der Waals surface area contributed by atoms with E-state index in [0.29, 0.717) is 16.6 Å². The number of nitrogens with one attached hydrogen (secondary N) is 2. The third-order valence-electron chi connectivity index (χ3n) is 5.03. The first kappa shape index (κ1) is 19.0. The number of primary amides is 1. The molecule has 4 N–H and O–H groups in total. The number of aromatic nitrogens is 2. The van der Waals surface area contributed by atoms with Crippen molar-refractivity contribution in [2.75, 3.05) is 11.1 Å². The first-order valence-electron chi connectivity index (χ1n) is 9.24. The second kappa shape index (κ2) is 7.60. The number of anilines is 1. The molecule has 0 saturated heterocycles. The van der Waals surface area contributed by atoms with Crippen molar-refractivity contribution in [1.29, 1.82) is 0 Å². The molecular formula is C20H22N4O2S2. The van der Waals surface area contributed by atoms with Crippen LogP contribution in [0, 0.1) is 12.8 Å². The first-order valence-corrected chi connectivity index (χ1v) is 11.0. The Balaban J connectivity index is 1.60. The Kier molecular flexibility index (Phi) is 5.16. The maximum Gasteiger partial charge on any atom is 0.259 e. The number of aryl methyl sites for hydroxylation is 2. The van der Waals surface area contributed by atoms with Gasteiger partial charge in [-0.25, -0.2) is 4.98 Å². The summed E-state index contributed by atoms with van der Waals surface area (Å²) in [6.45, 7) is 4.13. The molecule has 1 atom stereocenters. The number of hydrogen-bond acceptors (Lipinski definition) is 5. The van der Waals surface area contributed by atoms with E-state index in [1.165, 1.54) is 40.8 Å². The van der Waals surface area contributed by atoms with E-state index in [1.807, 2.05) is 19.1 Å². The molecule has 0 saturated carbocycles. The quantitative estimate of drug-likeness (QED) is 0.551. The number of hydrogen-bond donors (Lipinski definition) is 3. The number of benzene rings is 1. The van der Waals surface area contributed by atoms with Crippen LogP contribution >= 0.6 is 23.1 Å². The summed E-state index contributed by atoms with van der Waals surface area (Å²) in [5.41, 5.74) is 10.1. The van der Waals surface area contributed by atoms with Crippen LogP contribution in [0.15, 0.2) is 22.4 Å². The van der Waals surface area contributed by atoms with E-state index < -0.39 is 0 Å². The highest BCUT2D eigenvalue weighted by molar-refractivity contribution is 8.01. The zero-order valence-electron chi connectivity index (χ0n) is 15.8. The SMILES string of the molecule is Cc1nc(NC(=O)c2cccc3c4c([nH]c23)CCC(C)C4)sc1SCC(N)=O. The standard InChI is InChI=1S/C20H22N4O2S2/c1-10-6-7-15-14(8-10)12-4-3-5-13(17(12)23-15)18(26)24-20-22-11(2)19(28-20)27-9-16(21)25/h3-5,10,23H,6-9H2,1-2H3,(H2,21,25)(H,22,24,26). The van der Waals surface area contributed by atoms with Gasteiger partial charge in [0.25, 0.3) is 5.91 Å². The van der Waals surface area contributed by atoms with Crippen molar-refractivity contribution in [2.45, 2.75) is 37.3 Å². The van der Waals surface area contributed by atoms with Crippen molar-refractivity contribution >= 4 is 50.9 Å². The zero-order valence-corrected chi connectivity index (χ0v) is 17.4. The molecule has 2 heterocycles. The first-order chi connectivity index (χ1) is 13.4. The van der Waals surface area contributed by atoms with E-state index in [2.05, 4.69) is 28.3 Å². The molecule has 1 unspecified atom stereocenters. The minimum atomic E-state index is -0.375. The largest absolute Gasteiger partial charge is 0.369 e. The molecular weight excluding hydrogens is 392 g/mol. The summed E-state index contributed by atoms with van der Waals surface area (Å²) in [4.78, 5) is 31.8. The van der Waals surface area contributed by atoms with Crippen molar-refractivity contribution in [3.8, 4) is 0 Å². The molecule has 146 valence electrons. The highest BCUT2D eigenvalue weighted by atomic mass is 32.2. The van der Waals surface area contributed by atoms with Crippen molar-refractivity contribution in [1.82, 2.24) is 9.97 Å². The van der Waals surface area contributed by atoms with Gasteiger partial charge in [0.15, 0.2) is 5.13 Å².